The Bertz CT molecular complexity index is 793. The van der Waals surface area contributed by atoms with Gasteiger partial charge in [0.05, 0.1) is 7.11 Å². The van der Waals surface area contributed by atoms with Crippen molar-refractivity contribution in [1.29, 1.82) is 0 Å². The summed E-state index contributed by atoms with van der Waals surface area (Å²) in [7, 11) is 1.27. The number of ether oxygens (including phenoxy) is 2. The molecule has 0 radical (unpaired) electrons. The Morgan fingerprint density at radius 2 is 2.04 bits per heavy atom. The highest BCUT2D eigenvalue weighted by atomic mass is 35.5. The van der Waals surface area contributed by atoms with E-state index < -0.39 is 6.16 Å². The number of nitrogens with two attached hydrogens (primary N) is 1. The first-order chi connectivity index (χ1) is 11.0. The smallest absolute Gasteiger partial charge is 0.438 e. The fraction of sp³-hybridized carbons (Fsp3) is 0.538. The molecule has 23 heavy (non-hydrogen) atoms. The number of carbonyl (C=O) groups is 1. The molecule has 0 saturated heterocycles. The molecule has 0 unspecified atom stereocenters. The lowest BCUT2D eigenvalue weighted by Gasteiger charge is -2.28. The zero-order valence-electron chi connectivity index (χ0n) is 12.4. The number of anilines is 1. The number of hydrogen-bond acceptors (Lipinski definition) is 7. The van der Waals surface area contributed by atoms with E-state index in [0.717, 1.165) is 0 Å². The second kappa shape index (κ2) is 6.07. The molecule has 0 atom stereocenters. The van der Waals surface area contributed by atoms with E-state index in [0.29, 0.717) is 36.8 Å². The van der Waals surface area contributed by atoms with Gasteiger partial charge in [-0.15, -0.1) is 0 Å². The maximum atomic E-state index is 12.2. The number of carbonyl (C=O) groups excluding carboxylic acids is 1. The Morgan fingerprint density at radius 3 is 2.70 bits per heavy atom. The fourth-order valence-electron chi connectivity index (χ4n) is 2.93. The summed E-state index contributed by atoms with van der Waals surface area (Å²) in [6.45, 7) is 0. The quantitative estimate of drug-likeness (QED) is 0.628. The summed E-state index contributed by atoms with van der Waals surface area (Å²) in [5, 5.41) is 0.117. The number of nitrogens with one attached hydrogen (secondary N) is 1. The molecule has 1 aliphatic carbocycles. The first kappa shape index (κ1) is 15.6. The van der Waals surface area contributed by atoms with Crippen molar-refractivity contribution in [3.05, 3.63) is 15.6 Å². The molecular formula is C13H16ClN5O4. The van der Waals surface area contributed by atoms with Gasteiger partial charge >= 0.3 is 11.8 Å². The topological polar surface area (TPSA) is 125 Å². The van der Waals surface area contributed by atoms with E-state index in [1.807, 2.05) is 0 Å². The largest absolute Gasteiger partial charge is 0.508 e. The van der Waals surface area contributed by atoms with Gasteiger partial charge in [0, 0.05) is 6.04 Å². The Labute approximate surface area is 135 Å². The highest BCUT2D eigenvalue weighted by Crippen LogP contribution is 2.31. The normalized spacial score (nSPS) is 21.3. The van der Waals surface area contributed by atoms with Crippen molar-refractivity contribution in [3.8, 4) is 0 Å². The van der Waals surface area contributed by atoms with E-state index in [1.54, 1.807) is 4.57 Å². The zero-order valence-corrected chi connectivity index (χ0v) is 13.2. The summed E-state index contributed by atoms with van der Waals surface area (Å²) in [4.78, 5) is 34.0. The first-order valence-electron chi connectivity index (χ1n) is 7.17. The molecule has 9 nitrogen and oxygen atoms in total. The molecule has 0 amide bonds. The lowest BCUT2D eigenvalue weighted by Crippen LogP contribution is -2.30. The zero-order chi connectivity index (χ0) is 16.6. The second-order valence-electron chi connectivity index (χ2n) is 5.37. The average Bonchev–Trinajstić information content (AvgIpc) is 2.84. The van der Waals surface area contributed by atoms with Gasteiger partial charge in [-0.3, -0.25) is 4.57 Å². The predicted octanol–water partition coefficient (Wildman–Crippen LogP) is 1.62. The number of imidazole rings is 1. The highest BCUT2D eigenvalue weighted by Gasteiger charge is 2.28. The van der Waals surface area contributed by atoms with Crippen molar-refractivity contribution in [2.75, 3.05) is 12.8 Å². The first-order valence-corrected chi connectivity index (χ1v) is 7.55. The van der Waals surface area contributed by atoms with Gasteiger partial charge in [-0.25, -0.2) is 9.59 Å². The minimum atomic E-state index is -0.690. The molecule has 0 bridgehead atoms. The summed E-state index contributed by atoms with van der Waals surface area (Å²) in [6.07, 6.45) is 1.69. The highest BCUT2D eigenvalue weighted by molar-refractivity contribution is 6.33. The second-order valence-corrected chi connectivity index (χ2v) is 5.73. The van der Waals surface area contributed by atoms with Crippen molar-refractivity contribution in [3.63, 3.8) is 0 Å². The van der Waals surface area contributed by atoms with E-state index in [-0.39, 0.29) is 28.9 Å². The third kappa shape index (κ3) is 2.96. The van der Waals surface area contributed by atoms with Crippen LogP contribution >= 0.6 is 11.6 Å². The third-order valence-electron chi connectivity index (χ3n) is 3.98. The molecule has 0 aromatic carbocycles. The van der Waals surface area contributed by atoms with Crippen molar-refractivity contribution in [2.24, 2.45) is 0 Å². The summed E-state index contributed by atoms with van der Waals surface area (Å²) in [5.74, 6) is 0.0120. The summed E-state index contributed by atoms with van der Waals surface area (Å²) in [5.41, 5.74) is 6.08. The van der Waals surface area contributed by atoms with Crippen molar-refractivity contribution >= 4 is 34.9 Å². The minimum Gasteiger partial charge on any atom is -0.438 e. The van der Waals surface area contributed by atoms with Crippen LogP contribution in [-0.2, 0) is 9.47 Å². The van der Waals surface area contributed by atoms with Crippen LogP contribution in [0.5, 0.6) is 0 Å². The molecule has 2 heterocycles. The van der Waals surface area contributed by atoms with Gasteiger partial charge in [0.2, 0.25) is 5.95 Å². The van der Waals surface area contributed by atoms with E-state index in [9.17, 15) is 9.59 Å². The molecule has 1 aliphatic rings. The number of hydrogen-bond donors (Lipinski definition) is 2. The maximum absolute atomic E-state index is 12.2. The van der Waals surface area contributed by atoms with E-state index in [4.69, 9.17) is 22.1 Å². The number of fused-ring (bicyclic) bond motifs is 1. The van der Waals surface area contributed by atoms with Gasteiger partial charge in [-0.05, 0) is 25.7 Å². The van der Waals surface area contributed by atoms with E-state index in [2.05, 4.69) is 19.7 Å². The SMILES string of the molecule is COC(=O)O[C@H]1CC[C@H](n2c(=O)[nH]c3c(Cl)nc(N)nc32)CC1. The van der Waals surface area contributed by atoms with Crippen LogP contribution in [0.3, 0.4) is 0 Å². The number of aromatic amines is 1. The predicted molar refractivity (Wildman–Crippen MR) is 82.4 cm³/mol. The molecule has 3 rings (SSSR count). The molecule has 1 fully saturated rings. The summed E-state index contributed by atoms with van der Waals surface area (Å²) in [6, 6.07) is -0.0703. The van der Waals surface area contributed by atoms with Gasteiger partial charge in [0.15, 0.2) is 10.8 Å². The molecule has 10 heteroatoms. The summed E-state index contributed by atoms with van der Waals surface area (Å²) < 4.78 is 11.2. The number of aromatic nitrogens is 4. The van der Waals surface area contributed by atoms with Crippen LogP contribution in [-0.4, -0.2) is 38.9 Å². The Balaban J connectivity index is 1.84. The van der Waals surface area contributed by atoms with Crippen LogP contribution in [0.1, 0.15) is 31.7 Å². The molecular weight excluding hydrogens is 326 g/mol. The molecule has 124 valence electrons. The molecule has 1 saturated carbocycles. The lowest BCUT2D eigenvalue weighted by molar-refractivity contribution is 0.0175. The molecule has 0 spiro atoms. The van der Waals surface area contributed by atoms with Gasteiger partial charge < -0.3 is 20.2 Å². The average molecular weight is 342 g/mol. The Kier molecular flexibility index (Phi) is 4.12. The van der Waals surface area contributed by atoms with Crippen LogP contribution in [0.15, 0.2) is 4.79 Å². The number of nitrogens with zero attached hydrogens (tertiary/aromatic N) is 3. The minimum absolute atomic E-state index is 0.0120. The Morgan fingerprint density at radius 1 is 1.35 bits per heavy atom. The molecule has 2 aromatic rings. The van der Waals surface area contributed by atoms with Crippen molar-refractivity contribution in [1.82, 2.24) is 19.5 Å². The van der Waals surface area contributed by atoms with Crippen LogP contribution < -0.4 is 11.4 Å². The van der Waals surface area contributed by atoms with Crippen LogP contribution in [0.4, 0.5) is 10.7 Å². The van der Waals surface area contributed by atoms with Crippen LogP contribution in [0.25, 0.3) is 11.2 Å². The summed E-state index contributed by atoms with van der Waals surface area (Å²) >= 11 is 6.00. The number of methoxy groups -OCH3 is 1. The molecule has 0 aliphatic heterocycles. The van der Waals surface area contributed by atoms with Gasteiger partial charge in [-0.2, -0.15) is 9.97 Å². The van der Waals surface area contributed by atoms with Gasteiger partial charge in [0.1, 0.15) is 11.6 Å². The van der Waals surface area contributed by atoms with Gasteiger partial charge in [0.25, 0.3) is 0 Å². The van der Waals surface area contributed by atoms with Crippen molar-refractivity contribution < 1.29 is 14.3 Å². The van der Waals surface area contributed by atoms with Crippen molar-refractivity contribution in [2.45, 2.75) is 37.8 Å². The fourth-order valence-corrected chi connectivity index (χ4v) is 3.15. The molecule has 2 aromatic heterocycles. The van der Waals surface area contributed by atoms with Gasteiger partial charge in [-0.1, -0.05) is 11.6 Å². The van der Waals surface area contributed by atoms with E-state index in [1.165, 1.54) is 7.11 Å². The third-order valence-corrected chi connectivity index (χ3v) is 4.25. The number of halogens is 1. The number of nitrogen functional groups attached to an aromatic ring is 1. The number of H-pyrrole nitrogens is 1. The number of rotatable bonds is 2. The van der Waals surface area contributed by atoms with Crippen LogP contribution in [0.2, 0.25) is 5.15 Å². The lowest BCUT2D eigenvalue weighted by atomic mass is 9.93. The maximum Gasteiger partial charge on any atom is 0.508 e. The van der Waals surface area contributed by atoms with Crippen LogP contribution in [0, 0.1) is 0 Å². The van der Waals surface area contributed by atoms with E-state index >= 15 is 0 Å². The Hall–Kier alpha value is -2.29. The standard InChI is InChI=1S/C13H16ClN5O4/c1-22-13(21)23-7-4-2-6(3-5-7)19-10-8(16-12(19)20)9(14)17-11(15)18-10/h6-7H,2-5H2,1H3,(H,16,20)(H2,15,17,18)/t6-,7-. The molecule has 3 N–H and O–H groups in total. The monoisotopic (exact) mass is 341 g/mol.